The van der Waals surface area contributed by atoms with Crippen molar-refractivity contribution in [1.82, 2.24) is 4.90 Å². The highest BCUT2D eigenvalue weighted by Gasteiger charge is 2.30. The molecular weight excluding hydrogens is 266 g/mol. The fourth-order valence-electron chi connectivity index (χ4n) is 2.22. The number of carbonyl (C=O) groups excluding carboxylic acids is 1. The Labute approximate surface area is 114 Å². The molecule has 1 amide bonds. The number of hydrogen-bond acceptors (Lipinski definition) is 3. The molecule has 104 valence electrons. The van der Waals surface area contributed by atoms with Gasteiger partial charge in [0.2, 0.25) is 0 Å². The van der Waals surface area contributed by atoms with Gasteiger partial charge in [0.15, 0.2) is 11.1 Å². The topological polar surface area (TPSA) is 66.8 Å². The minimum Gasteiger partial charge on any atom is -0.445 e. The fourth-order valence-corrected chi connectivity index (χ4v) is 2.89. The maximum atomic E-state index is 11.9. The van der Waals surface area contributed by atoms with Crippen LogP contribution in [-0.4, -0.2) is 38.1 Å². The molecule has 2 unspecified atom stereocenters. The van der Waals surface area contributed by atoms with Gasteiger partial charge in [-0.15, -0.1) is 0 Å². The summed E-state index contributed by atoms with van der Waals surface area (Å²) >= 11 is -1.88. The molecule has 1 saturated heterocycles. The maximum absolute atomic E-state index is 11.9. The Morgan fingerprint density at radius 2 is 2.16 bits per heavy atom. The van der Waals surface area contributed by atoms with Crippen molar-refractivity contribution in [2.75, 3.05) is 12.3 Å². The first-order valence-corrected chi connectivity index (χ1v) is 7.49. The van der Waals surface area contributed by atoms with E-state index in [0.717, 1.165) is 18.4 Å². The van der Waals surface area contributed by atoms with Crippen LogP contribution in [0.4, 0.5) is 4.79 Å². The predicted octanol–water partition coefficient (Wildman–Crippen LogP) is 2.01. The normalized spacial score (nSPS) is 20.3. The first kappa shape index (κ1) is 14.0. The minimum absolute atomic E-state index is 0.0977. The van der Waals surface area contributed by atoms with Crippen molar-refractivity contribution in [3.63, 3.8) is 0 Å². The Kier molecular flexibility index (Phi) is 4.93. The molecule has 2 rings (SSSR count). The Morgan fingerprint density at radius 1 is 1.42 bits per heavy atom. The standard InChI is InChI=1S/C13H17NO4S/c15-13(18-9-11-5-2-1-3-6-11)14-8-4-7-12(14)10-19(16)17/h1-3,5-6,12H,4,7-10H2,(H,16,17). The zero-order valence-corrected chi connectivity index (χ0v) is 11.3. The second-order valence-electron chi connectivity index (χ2n) is 4.52. The van der Waals surface area contributed by atoms with Crippen LogP contribution in [0.15, 0.2) is 30.3 Å². The molecule has 1 aromatic rings. The van der Waals surface area contributed by atoms with Crippen molar-refractivity contribution in [3.05, 3.63) is 35.9 Å². The molecule has 0 aliphatic carbocycles. The molecule has 1 heterocycles. The Hall–Kier alpha value is -1.40. The Balaban J connectivity index is 1.87. The Morgan fingerprint density at radius 3 is 2.84 bits per heavy atom. The van der Waals surface area contributed by atoms with Crippen molar-refractivity contribution >= 4 is 17.2 Å². The third-order valence-electron chi connectivity index (χ3n) is 3.15. The minimum atomic E-state index is -1.88. The summed E-state index contributed by atoms with van der Waals surface area (Å²) in [6, 6.07) is 9.26. The van der Waals surface area contributed by atoms with Gasteiger partial charge in [-0.3, -0.25) is 0 Å². The first-order valence-electron chi connectivity index (χ1n) is 6.21. The van der Waals surface area contributed by atoms with Crippen LogP contribution in [-0.2, 0) is 22.4 Å². The summed E-state index contributed by atoms with van der Waals surface area (Å²) in [5.41, 5.74) is 0.928. The van der Waals surface area contributed by atoms with Crippen LogP contribution in [0.25, 0.3) is 0 Å². The smallest absolute Gasteiger partial charge is 0.410 e. The van der Waals surface area contributed by atoms with Crippen molar-refractivity contribution in [1.29, 1.82) is 0 Å². The van der Waals surface area contributed by atoms with E-state index in [1.807, 2.05) is 30.3 Å². The molecule has 0 bridgehead atoms. The lowest BCUT2D eigenvalue weighted by molar-refractivity contribution is 0.0948. The van der Waals surface area contributed by atoms with Gasteiger partial charge >= 0.3 is 6.09 Å². The molecule has 1 fully saturated rings. The summed E-state index contributed by atoms with van der Waals surface area (Å²) in [7, 11) is 0. The highest BCUT2D eigenvalue weighted by molar-refractivity contribution is 7.79. The summed E-state index contributed by atoms with van der Waals surface area (Å²) in [6.07, 6.45) is 1.20. The van der Waals surface area contributed by atoms with Crippen molar-refractivity contribution in [2.24, 2.45) is 0 Å². The molecule has 19 heavy (non-hydrogen) atoms. The largest absolute Gasteiger partial charge is 0.445 e. The number of nitrogens with zero attached hydrogens (tertiary/aromatic N) is 1. The SMILES string of the molecule is O=C(OCc1ccccc1)N1CCCC1CS(=O)O. The zero-order chi connectivity index (χ0) is 13.7. The van der Waals surface area contributed by atoms with E-state index in [1.165, 1.54) is 0 Å². The van der Waals surface area contributed by atoms with Crippen molar-refractivity contribution in [3.8, 4) is 0 Å². The van der Waals surface area contributed by atoms with Gasteiger partial charge in [0, 0.05) is 12.6 Å². The summed E-state index contributed by atoms with van der Waals surface area (Å²) < 4.78 is 25.0. The van der Waals surface area contributed by atoms with Gasteiger partial charge < -0.3 is 14.2 Å². The summed E-state index contributed by atoms with van der Waals surface area (Å²) in [5.74, 6) is 0.0977. The van der Waals surface area contributed by atoms with Crippen molar-refractivity contribution in [2.45, 2.75) is 25.5 Å². The lowest BCUT2D eigenvalue weighted by Crippen LogP contribution is -2.38. The van der Waals surface area contributed by atoms with Gasteiger partial charge in [-0.25, -0.2) is 9.00 Å². The van der Waals surface area contributed by atoms with Gasteiger partial charge in [0.05, 0.1) is 5.75 Å². The van der Waals surface area contributed by atoms with Crippen LogP contribution >= 0.6 is 0 Å². The molecule has 5 nitrogen and oxygen atoms in total. The monoisotopic (exact) mass is 283 g/mol. The van der Waals surface area contributed by atoms with E-state index >= 15 is 0 Å². The van der Waals surface area contributed by atoms with Crippen LogP contribution in [0.3, 0.4) is 0 Å². The molecule has 0 spiro atoms. The van der Waals surface area contributed by atoms with Gasteiger partial charge in [0.1, 0.15) is 6.61 Å². The van der Waals surface area contributed by atoms with Gasteiger partial charge in [-0.05, 0) is 18.4 Å². The molecule has 0 aromatic heterocycles. The number of hydrogen-bond donors (Lipinski definition) is 1. The second kappa shape index (κ2) is 6.68. The van der Waals surface area contributed by atoms with Crippen LogP contribution in [0, 0.1) is 0 Å². The molecule has 2 atom stereocenters. The number of ether oxygens (including phenoxy) is 1. The average Bonchev–Trinajstić information content (AvgIpc) is 2.84. The van der Waals surface area contributed by atoms with Gasteiger partial charge in [-0.1, -0.05) is 30.3 Å². The molecule has 0 radical (unpaired) electrons. The summed E-state index contributed by atoms with van der Waals surface area (Å²) in [6.45, 7) is 0.820. The lowest BCUT2D eigenvalue weighted by atomic mass is 10.2. The zero-order valence-electron chi connectivity index (χ0n) is 10.5. The number of likely N-dealkylation sites (tertiary alicyclic amines) is 1. The quantitative estimate of drug-likeness (QED) is 0.858. The van der Waals surface area contributed by atoms with Crippen LogP contribution < -0.4 is 0 Å². The summed E-state index contributed by atoms with van der Waals surface area (Å²) in [5, 5.41) is 0. The van der Waals surface area contributed by atoms with Crippen LogP contribution in [0.1, 0.15) is 18.4 Å². The molecular formula is C13H17NO4S. The number of rotatable bonds is 4. The van der Waals surface area contributed by atoms with Gasteiger partial charge in [-0.2, -0.15) is 0 Å². The third-order valence-corrected chi connectivity index (χ3v) is 3.82. The molecule has 6 heteroatoms. The molecule has 1 aromatic carbocycles. The molecule has 0 saturated carbocycles. The Bertz CT molecular complexity index is 451. The number of amides is 1. The average molecular weight is 283 g/mol. The fraction of sp³-hybridized carbons (Fsp3) is 0.462. The van der Waals surface area contributed by atoms with E-state index in [1.54, 1.807) is 4.90 Å². The number of carbonyl (C=O) groups is 1. The highest BCUT2D eigenvalue weighted by Crippen LogP contribution is 2.19. The molecule has 1 aliphatic heterocycles. The first-order chi connectivity index (χ1) is 9.16. The van der Waals surface area contributed by atoms with Crippen LogP contribution in [0.5, 0.6) is 0 Å². The van der Waals surface area contributed by atoms with E-state index in [9.17, 15) is 9.00 Å². The van der Waals surface area contributed by atoms with E-state index in [-0.39, 0.29) is 18.4 Å². The number of benzene rings is 1. The molecule has 1 aliphatic rings. The van der Waals surface area contributed by atoms with Crippen molar-refractivity contribution < 1.29 is 18.3 Å². The highest BCUT2D eigenvalue weighted by atomic mass is 32.2. The van der Waals surface area contributed by atoms with E-state index in [0.29, 0.717) is 6.54 Å². The van der Waals surface area contributed by atoms with Crippen LogP contribution in [0.2, 0.25) is 0 Å². The van der Waals surface area contributed by atoms with E-state index in [4.69, 9.17) is 9.29 Å². The third kappa shape index (κ3) is 4.04. The maximum Gasteiger partial charge on any atom is 0.410 e. The second-order valence-corrected chi connectivity index (χ2v) is 5.49. The molecule has 1 N–H and O–H groups in total. The summed E-state index contributed by atoms with van der Waals surface area (Å²) in [4.78, 5) is 13.5. The van der Waals surface area contributed by atoms with E-state index in [2.05, 4.69) is 0 Å². The van der Waals surface area contributed by atoms with Gasteiger partial charge in [0.25, 0.3) is 0 Å². The lowest BCUT2D eigenvalue weighted by Gasteiger charge is -2.22. The van der Waals surface area contributed by atoms with E-state index < -0.39 is 17.2 Å². The predicted molar refractivity (Wildman–Crippen MR) is 72.0 cm³/mol.